The van der Waals surface area contributed by atoms with Gasteiger partial charge in [-0.2, -0.15) is 18.3 Å². The summed E-state index contributed by atoms with van der Waals surface area (Å²) >= 11 is 0. The zero-order chi connectivity index (χ0) is 11.5. The van der Waals surface area contributed by atoms with Gasteiger partial charge in [0, 0.05) is 5.92 Å². The molecular weight excluding hydrogens is 211 g/mol. The minimum Gasteiger partial charge on any atom is -0.364 e. The number of nitrogens with zero attached hydrogens (tertiary/aromatic N) is 2. The molecule has 0 bridgehead atoms. The van der Waals surface area contributed by atoms with Gasteiger partial charge < -0.3 is 4.74 Å². The summed E-state index contributed by atoms with van der Waals surface area (Å²) in [7, 11) is 0. The lowest BCUT2D eigenvalue weighted by molar-refractivity contribution is -0.177. The number of aromatic nitrogens is 3. The Bertz CT molecular complexity index is 308. The average Bonchev–Trinajstić information content (AvgIpc) is 2.50. The van der Waals surface area contributed by atoms with Gasteiger partial charge in [0.2, 0.25) is 0 Å². The van der Waals surface area contributed by atoms with Crippen LogP contribution in [0.3, 0.4) is 0 Å². The summed E-state index contributed by atoms with van der Waals surface area (Å²) in [4.78, 5) is 3.97. The number of ether oxygens (including phenoxy) is 1. The Labute approximate surface area is 84.8 Å². The SMILES string of the molecule is CC(C)c1n[nH]c(COCC(F)(F)F)n1. The van der Waals surface area contributed by atoms with Crippen molar-refractivity contribution < 1.29 is 17.9 Å². The van der Waals surface area contributed by atoms with E-state index in [2.05, 4.69) is 19.9 Å². The highest BCUT2D eigenvalue weighted by Gasteiger charge is 2.27. The molecule has 1 aromatic heterocycles. The number of nitrogens with one attached hydrogen (secondary N) is 1. The van der Waals surface area contributed by atoms with E-state index in [1.165, 1.54) is 0 Å². The second-order valence-corrected chi connectivity index (χ2v) is 3.40. The van der Waals surface area contributed by atoms with Crippen LogP contribution in [-0.4, -0.2) is 28.0 Å². The molecule has 1 rings (SSSR count). The van der Waals surface area contributed by atoms with E-state index in [4.69, 9.17) is 0 Å². The van der Waals surface area contributed by atoms with Crippen LogP contribution in [0.15, 0.2) is 0 Å². The maximum absolute atomic E-state index is 11.7. The summed E-state index contributed by atoms with van der Waals surface area (Å²) in [6, 6.07) is 0. The molecule has 1 aromatic rings. The van der Waals surface area contributed by atoms with Gasteiger partial charge in [-0.05, 0) is 0 Å². The molecule has 0 radical (unpaired) electrons. The molecule has 0 saturated heterocycles. The molecule has 0 aliphatic rings. The first-order chi connectivity index (χ1) is 6.88. The fourth-order valence-electron chi connectivity index (χ4n) is 0.896. The maximum Gasteiger partial charge on any atom is 0.411 e. The number of alkyl halides is 3. The van der Waals surface area contributed by atoms with Crippen LogP contribution in [0.2, 0.25) is 0 Å². The molecule has 0 aliphatic heterocycles. The van der Waals surface area contributed by atoms with Gasteiger partial charge in [0.15, 0.2) is 11.6 Å². The van der Waals surface area contributed by atoms with Gasteiger partial charge in [-0.3, -0.25) is 5.10 Å². The highest BCUT2D eigenvalue weighted by molar-refractivity contribution is 4.93. The van der Waals surface area contributed by atoms with E-state index in [-0.39, 0.29) is 12.5 Å². The van der Waals surface area contributed by atoms with E-state index in [9.17, 15) is 13.2 Å². The molecule has 4 nitrogen and oxygen atoms in total. The summed E-state index contributed by atoms with van der Waals surface area (Å²) in [5, 5.41) is 6.35. The van der Waals surface area contributed by atoms with Crippen LogP contribution in [0.25, 0.3) is 0 Å². The molecule has 1 N–H and O–H groups in total. The monoisotopic (exact) mass is 223 g/mol. The van der Waals surface area contributed by atoms with Crippen LogP contribution in [0.5, 0.6) is 0 Å². The highest BCUT2D eigenvalue weighted by Crippen LogP contribution is 2.15. The van der Waals surface area contributed by atoms with Gasteiger partial charge in [0.05, 0.1) is 0 Å². The lowest BCUT2D eigenvalue weighted by atomic mass is 10.2. The van der Waals surface area contributed by atoms with E-state index in [1.54, 1.807) is 0 Å². The van der Waals surface area contributed by atoms with E-state index in [0.29, 0.717) is 11.6 Å². The summed E-state index contributed by atoms with van der Waals surface area (Å²) in [6.45, 7) is 2.30. The predicted octanol–water partition coefficient (Wildman–Crippen LogP) is 2.01. The number of hydrogen-bond donors (Lipinski definition) is 1. The van der Waals surface area contributed by atoms with E-state index >= 15 is 0 Å². The van der Waals surface area contributed by atoms with Gasteiger partial charge in [-0.15, -0.1) is 0 Å². The molecule has 0 fully saturated rings. The quantitative estimate of drug-likeness (QED) is 0.849. The molecule has 0 amide bonds. The third-order valence-electron chi connectivity index (χ3n) is 1.57. The Morgan fingerprint density at radius 2 is 2.07 bits per heavy atom. The molecule has 15 heavy (non-hydrogen) atoms. The van der Waals surface area contributed by atoms with Crippen molar-refractivity contribution >= 4 is 0 Å². The number of halogens is 3. The van der Waals surface area contributed by atoms with Crippen molar-refractivity contribution in [1.29, 1.82) is 0 Å². The minimum atomic E-state index is -4.30. The normalized spacial score (nSPS) is 12.4. The van der Waals surface area contributed by atoms with Crippen LogP contribution < -0.4 is 0 Å². The largest absolute Gasteiger partial charge is 0.411 e. The highest BCUT2D eigenvalue weighted by atomic mass is 19.4. The van der Waals surface area contributed by atoms with Crippen LogP contribution in [0.4, 0.5) is 13.2 Å². The number of aromatic amines is 1. The van der Waals surface area contributed by atoms with Crippen LogP contribution in [0.1, 0.15) is 31.4 Å². The van der Waals surface area contributed by atoms with Crippen molar-refractivity contribution in [2.75, 3.05) is 6.61 Å². The van der Waals surface area contributed by atoms with Gasteiger partial charge in [0.1, 0.15) is 13.2 Å². The molecule has 0 aromatic carbocycles. The van der Waals surface area contributed by atoms with E-state index in [1.807, 2.05) is 13.8 Å². The summed E-state index contributed by atoms with van der Waals surface area (Å²) in [5.74, 6) is 1.01. The Morgan fingerprint density at radius 1 is 1.40 bits per heavy atom. The fraction of sp³-hybridized carbons (Fsp3) is 0.750. The second kappa shape index (κ2) is 4.61. The number of H-pyrrole nitrogens is 1. The first-order valence-corrected chi connectivity index (χ1v) is 4.44. The smallest absolute Gasteiger partial charge is 0.364 e. The predicted molar refractivity (Wildman–Crippen MR) is 46.2 cm³/mol. The zero-order valence-electron chi connectivity index (χ0n) is 8.43. The third kappa shape index (κ3) is 4.28. The first-order valence-electron chi connectivity index (χ1n) is 4.44. The Balaban J connectivity index is 2.38. The van der Waals surface area contributed by atoms with Crippen LogP contribution >= 0.6 is 0 Å². The summed E-state index contributed by atoms with van der Waals surface area (Å²) < 4.78 is 39.6. The molecule has 7 heteroatoms. The standard InChI is InChI=1S/C8H12F3N3O/c1-5(2)7-12-6(13-14-7)3-15-4-8(9,10)11/h5H,3-4H2,1-2H3,(H,12,13,14). The lowest BCUT2D eigenvalue weighted by Crippen LogP contribution is -2.17. The van der Waals surface area contributed by atoms with Crippen molar-refractivity contribution in [2.24, 2.45) is 0 Å². The topological polar surface area (TPSA) is 50.8 Å². The molecule has 0 atom stereocenters. The first kappa shape index (κ1) is 12.0. The molecule has 0 unspecified atom stereocenters. The van der Waals surface area contributed by atoms with Gasteiger partial charge >= 0.3 is 6.18 Å². The average molecular weight is 223 g/mol. The van der Waals surface area contributed by atoms with Crippen molar-refractivity contribution in [3.05, 3.63) is 11.6 Å². The molecule has 0 aliphatic carbocycles. The lowest BCUT2D eigenvalue weighted by Gasteiger charge is -2.05. The molecule has 1 heterocycles. The molecule has 0 spiro atoms. The number of rotatable bonds is 4. The van der Waals surface area contributed by atoms with E-state index in [0.717, 1.165) is 0 Å². The van der Waals surface area contributed by atoms with Crippen molar-refractivity contribution in [3.63, 3.8) is 0 Å². The van der Waals surface area contributed by atoms with Gasteiger partial charge in [0.25, 0.3) is 0 Å². The second-order valence-electron chi connectivity index (χ2n) is 3.40. The third-order valence-corrected chi connectivity index (χ3v) is 1.57. The van der Waals surface area contributed by atoms with Crippen LogP contribution in [0, 0.1) is 0 Å². The van der Waals surface area contributed by atoms with Crippen molar-refractivity contribution in [1.82, 2.24) is 15.2 Å². The maximum atomic E-state index is 11.7. The van der Waals surface area contributed by atoms with Gasteiger partial charge in [-0.25, -0.2) is 4.98 Å². The fourth-order valence-corrected chi connectivity index (χ4v) is 0.896. The van der Waals surface area contributed by atoms with E-state index < -0.39 is 12.8 Å². The summed E-state index contributed by atoms with van der Waals surface area (Å²) in [6.07, 6.45) is -4.30. The minimum absolute atomic E-state index is 0.137. The van der Waals surface area contributed by atoms with Crippen molar-refractivity contribution in [2.45, 2.75) is 32.5 Å². The Hall–Kier alpha value is -1.11. The Morgan fingerprint density at radius 3 is 2.53 bits per heavy atom. The Kier molecular flexibility index (Phi) is 3.67. The molecule has 86 valence electrons. The molecular formula is C8H12F3N3O. The van der Waals surface area contributed by atoms with Crippen molar-refractivity contribution in [3.8, 4) is 0 Å². The van der Waals surface area contributed by atoms with Crippen LogP contribution in [-0.2, 0) is 11.3 Å². The summed E-state index contributed by atoms with van der Waals surface area (Å²) in [5.41, 5.74) is 0. The number of hydrogen-bond acceptors (Lipinski definition) is 3. The van der Waals surface area contributed by atoms with Gasteiger partial charge in [-0.1, -0.05) is 13.8 Å². The molecule has 0 saturated carbocycles. The zero-order valence-corrected chi connectivity index (χ0v) is 8.43.